The van der Waals surface area contributed by atoms with E-state index in [0.29, 0.717) is 12.0 Å². The molecule has 1 N–H and O–H groups in total. The van der Waals surface area contributed by atoms with E-state index < -0.39 is 61.2 Å². The van der Waals surface area contributed by atoms with Gasteiger partial charge in [-0.25, -0.2) is 0 Å². The van der Waals surface area contributed by atoms with Crippen molar-refractivity contribution in [3.05, 3.63) is 42.0 Å². The Balaban J connectivity index is 2.79. The van der Waals surface area contributed by atoms with Crippen molar-refractivity contribution >= 4 is 0 Å². The molecule has 0 fully saturated rings. The lowest BCUT2D eigenvalue weighted by molar-refractivity contribution is -0.452. The second-order valence-electron chi connectivity index (χ2n) is 10.5. The maximum atomic E-state index is 14.0. The van der Waals surface area contributed by atoms with E-state index in [1.54, 1.807) is 0 Å². The molecule has 0 aliphatic rings. The zero-order valence-corrected chi connectivity index (χ0v) is 23.9. The van der Waals surface area contributed by atoms with E-state index in [-0.39, 0.29) is 36.9 Å². The topological polar surface area (TPSA) is 38.7 Å². The van der Waals surface area contributed by atoms with Gasteiger partial charge in [0.2, 0.25) is 0 Å². The molecule has 18 heteroatoms. The minimum absolute atomic E-state index is 0.00695. The average Bonchev–Trinajstić information content (AvgIpc) is 2.93. The molecule has 3 nitrogen and oxygen atoms in total. The molecular formula is C27H31F15O3. The van der Waals surface area contributed by atoms with Crippen LogP contribution in [0.4, 0.5) is 65.9 Å². The molecule has 1 rings (SSSR count). The number of aliphatic hydroxyl groups excluding tert-OH is 1. The Labute approximate surface area is 248 Å². The van der Waals surface area contributed by atoms with Gasteiger partial charge in [0.25, 0.3) is 0 Å². The quantitative estimate of drug-likeness (QED) is 0.0950. The number of rotatable bonds is 18. The summed E-state index contributed by atoms with van der Waals surface area (Å²) in [7, 11) is 0. The molecule has 3 atom stereocenters. The first-order chi connectivity index (χ1) is 20.2. The summed E-state index contributed by atoms with van der Waals surface area (Å²) < 4.78 is 210. The summed E-state index contributed by atoms with van der Waals surface area (Å²) in [5.41, 5.74) is 0.599. The minimum Gasteiger partial charge on any atom is -0.494 e. The van der Waals surface area contributed by atoms with Crippen molar-refractivity contribution in [1.29, 1.82) is 0 Å². The molecular weight excluding hydrogens is 657 g/mol. The van der Waals surface area contributed by atoms with E-state index in [9.17, 15) is 65.9 Å². The average molecular weight is 689 g/mol. The fourth-order valence-electron chi connectivity index (χ4n) is 3.46. The minimum atomic E-state index is -8.29. The van der Waals surface area contributed by atoms with Crippen molar-refractivity contribution < 1.29 is 80.4 Å². The predicted molar refractivity (Wildman–Crippen MR) is 130 cm³/mol. The zero-order valence-electron chi connectivity index (χ0n) is 23.9. The lowest BCUT2D eigenvalue weighted by Gasteiger charge is -2.41. The SMILES string of the molecule is C[C@@H](CO)C/C=C/[C@@H](C)[C@H](C)OCc1ccc(OCCCC(F)(F)C(F)(F)C(F)(F)C(F)(F)C(F)(F)C(F)(F)C(F)(F)F)cc1. The maximum absolute atomic E-state index is 14.0. The fourth-order valence-corrected chi connectivity index (χ4v) is 3.46. The van der Waals surface area contributed by atoms with Crippen LogP contribution < -0.4 is 4.74 Å². The van der Waals surface area contributed by atoms with E-state index in [4.69, 9.17) is 14.6 Å². The summed E-state index contributed by atoms with van der Waals surface area (Å²) in [6, 6.07) is 5.45. The Hall–Kier alpha value is -2.37. The first kappa shape index (κ1) is 40.7. The Morgan fingerprint density at radius 1 is 0.711 bits per heavy atom. The third kappa shape index (κ3) is 8.71. The number of hydrogen-bond acceptors (Lipinski definition) is 3. The number of benzene rings is 1. The smallest absolute Gasteiger partial charge is 0.460 e. The monoisotopic (exact) mass is 688 g/mol. The number of alkyl halides is 15. The van der Waals surface area contributed by atoms with Gasteiger partial charge in [-0.15, -0.1) is 0 Å². The number of aliphatic hydroxyl groups is 1. The van der Waals surface area contributed by atoms with Crippen molar-refractivity contribution in [2.45, 2.75) is 94.5 Å². The highest BCUT2D eigenvalue weighted by Crippen LogP contribution is 2.62. The standard InChI is InChI=1S/C27H31F15O3/c1-16(14-43)6-4-7-17(2)18(3)45-15-19-8-10-20(11-9-19)44-13-5-12-21(28,29)22(30,31)23(32,33)24(34,35)25(36,37)26(38,39)27(40,41)42/h4,7-11,16-18,43H,5-6,12-15H2,1-3H3/b7-4+/t16-,17-,18+/m1/s1. The first-order valence-corrected chi connectivity index (χ1v) is 13.2. The Morgan fingerprint density at radius 2 is 1.20 bits per heavy atom. The van der Waals surface area contributed by atoms with Crippen LogP contribution in [0.3, 0.4) is 0 Å². The number of allylic oxidation sites excluding steroid dienone is 1. The van der Waals surface area contributed by atoms with E-state index in [1.165, 1.54) is 24.3 Å². The van der Waals surface area contributed by atoms with Gasteiger partial charge in [0.15, 0.2) is 0 Å². The Morgan fingerprint density at radius 3 is 1.69 bits per heavy atom. The van der Waals surface area contributed by atoms with Crippen LogP contribution in [0.2, 0.25) is 0 Å². The first-order valence-electron chi connectivity index (χ1n) is 13.2. The summed E-state index contributed by atoms with van der Waals surface area (Å²) in [5.74, 6) is -46.4. The number of hydrogen-bond donors (Lipinski definition) is 1. The van der Waals surface area contributed by atoms with Crippen LogP contribution in [0, 0.1) is 11.8 Å². The molecule has 262 valence electrons. The molecule has 0 saturated heterocycles. The molecule has 1 aromatic rings. The molecule has 0 unspecified atom stereocenters. The molecule has 0 saturated carbocycles. The Bertz CT molecular complexity index is 1090. The summed E-state index contributed by atoms with van der Waals surface area (Å²) in [5, 5.41) is 9.03. The third-order valence-electron chi connectivity index (χ3n) is 6.76. The van der Waals surface area contributed by atoms with Crippen LogP contribution in [0.15, 0.2) is 36.4 Å². The molecule has 0 aliphatic heterocycles. The van der Waals surface area contributed by atoms with Gasteiger partial charge in [-0.3, -0.25) is 0 Å². The second kappa shape index (κ2) is 14.6. The van der Waals surface area contributed by atoms with Crippen LogP contribution in [0.5, 0.6) is 5.75 Å². The van der Waals surface area contributed by atoms with Gasteiger partial charge in [-0.1, -0.05) is 38.1 Å². The van der Waals surface area contributed by atoms with Crippen molar-refractivity contribution in [3.8, 4) is 5.75 Å². The molecule has 0 radical (unpaired) electrons. The number of halogens is 15. The van der Waals surface area contributed by atoms with Gasteiger partial charge >= 0.3 is 41.7 Å². The molecule has 45 heavy (non-hydrogen) atoms. The molecule has 0 amide bonds. The second-order valence-corrected chi connectivity index (χ2v) is 10.5. The van der Waals surface area contributed by atoms with Gasteiger partial charge in [-0.05, 0) is 49.3 Å². The maximum Gasteiger partial charge on any atom is 0.460 e. The molecule has 0 spiro atoms. The molecule has 1 aromatic carbocycles. The fraction of sp³-hybridized carbons (Fsp3) is 0.704. The van der Waals surface area contributed by atoms with Gasteiger partial charge < -0.3 is 14.6 Å². The van der Waals surface area contributed by atoms with Crippen LogP contribution in [-0.2, 0) is 11.3 Å². The normalized spacial score (nSPS) is 16.6. The summed E-state index contributed by atoms with van der Waals surface area (Å²) >= 11 is 0. The summed E-state index contributed by atoms with van der Waals surface area (Å²) in [4.78, 5) is 0. The highest BCUT2D eigenvalue weighted by atomic mass is 19.4. The highest BCUT2D eigenvalue weighted by Gasteiger charge is 2.93. The summed E-state index contributed by atoms with van der Waals surface area (Å²) in [6.07, 6.45) is -7.11. The van der Waals surface area contributed by atoms with Crippen LogP contribution in [-0.4, -0.2) is 66.1 Å². The van der Waals surface area contributed by atoms with Crippen LogP contribution in [0.1, 0.15) is 45.6 Å². The lowest BCUT2D eigenvalue weighted by atomic mass is 9.90. The summed E-state index contributed by atoms with van der Waals surface area (Å²) in [6.45, 7) is 4.79. The van der Waals surface area contributed by atoms with Crippen LogP contribution >= 0.6 is 0 Å². The highest BCUT2D eigenvalue weighted by molar-refractivity contribution is 5.27. The van der Waals surface area contributed by atoms with Gasteiger partial charge in [0, 0.05) is 13.0 Å². The molecule has 0 heterocycles. The van der Waals surface area contributed by atoms with E-state index >= 15 is 0 Å². The lowest BCUT2D eigenvalue weighted by Crippen LogP contribution is -2.72. The Kier molecular flexibility index (Phi) is 13.2. The largest absolute Gasteiger partial charge is 0.494 e. The van der Waals surface area contributed by atoms with Crippen LogP contribution in [0.25, 0.3) is 0 Å². The zero-order chi connectivity index (χ0) is 35.3. The van der Waals surface area contributed by atoms with Crippen molar-refractivity contribution in [1.82, 2.24) is 0 Å². The van der Waals surface area contributed by atoms with Gasteiger partial charge in [0.05, 0.1) is 19.3 Å². The van der Waals surface area contributed by atoms with E-state index in [2.05, 4.69) is 0 Å². The van der Waals surface area contributed by atoms with Gasteiger partial charge in [0.1, 0.15) is 5.75 Å². The van der Waals surface area contributed by atoms with Crippen molar-refractivity contribution in [2.75, 3.05) is 13.2 Å². The van der Waals surface area contributed by atoms with E-state index in [0.717, 1.165) is 0 Å². The molecule has 0 aromatic heterocycles. The van der Waals surface area contributed by atoms with Crippen molar-refractivity contribution in [2.24, 2.45) is 11.8 Å². The number of ether oxygens (including phenoxy) is 2. The van der Waals surface area contributed by atoms with Crippen molar-refractivity contribution in [3.63, 3.8) is 0 Å². The third-order valence-corrected chi connectivity index (χ3v) is 6.76. The molecule has 0 aliphatic carbocycles. The predicted octanol–water partition coefficient (Wildman–Crippen LogP) is 9.34. The molecule has 0 bridgehead atoms. The van der Waals surface area contributed by atoms with E-state index in [1.807, 2.05) is 32.9 Å². The van der Waals surface area contributed by atoms with Gasteiger partial charge in [-0.2, -0.15) is 65.9 Å².